The summed E-state index contributed by atoms with van der Waals surface area (Å²) < 4.78 is 0. The largest absolute Gasteiger partial charge is 0.328 e. The standard InChI is InChI=1S/C20H16N4O/c21-11-15-7-6-14(12-23-15)19-16(13-4-2-1-3-5-13)10-17-18(24-19)8-9-22-20(17)25/h1-10,12H,11,21H2,(H,22,25). The SMILES string of the molecule is NCc1ccc(-c2nc3cc[nH]c(=O)c3cc2-c2ccccc2)cn1. The minimum absolute atomic E-state index is 0.148. The third-order valence-electron chi connectivity index (χ3n) is 4.14. The maximum absolute atomic E-state index is 12.2. The Morgan fingerprint density at radius 3 is 2.56 bits per heavy atom. The van der Waals surface area contributed by atoms with Crippen LogP contribution in [0.5, 0.6) is 0 Å². The Bertz CT molecular complexity index is 1090. The Hall–Kier alpha value is -3.31. The molecule has 0 atom stereocenters. The third kappa shape index (κ3) is 2.81. The van der Waals surface area contributed by atoms with Gasteiger partial charge in [0.15, 0.2) is 0 Å². The molecule has 25 heavy (non-hydrogen) atoms. The van der Waals surface area contributed by atoms with E-state index in [-0.39, 0.29) is 5.56 Å². The molecule has 4 rings (SSSR count). The van der Waals surface area contributed by atoms with Crippen molar-refractivity contribution in [3.05, 3.63) is 83.0 Å². The number of benzene rings is 1. The van der Waals surface area contributed by atoms with Crippen LogP contribution in [0.4, 0.5) is 0 Å². The molecule has 0 unspecified atom stereocenters. The lowest BCUT2D eigenvalue weighted by Crippen LogP contribution is -2.06. The van der Waals surface area contributed by atoms with E-state index in [0.717, 1.165) is 28.1 Å². The van der Waals surface area contributed by atoms with Crippen molar-refractivity contribution in [2.24, 2.45) is 5.73 Å². The summed E-state index contributed by atoms with van der Waals surface area (Å²) in [5, 5.41) is 0.566. The van der Waals surface area contributed by atoms with Gasteiger partial charge in [-0.15, -0.1) is 0 Å². The fourth-order valence-electron chi connectivity index (χ4n) is 2.85. The van der Waals surface area contributed by atoms with E-state index in [1.807, 2.05) is 48.5 Å². The van der Waals surface area contributed by atoms with Gasteiger partial charge < -0.3 is 10.7 Å². The number of nitrogens with two attached hydrogens (primary N) is 1. The van der Waals surface area contributed by atoms with Crippen molar-refractivity contribution >= 4 is 10.9 Å². The lowest BCUT2D eigenvalue weighted by molar-refractivity contribution is 0.991. The summed E-state index contributed by atoms with van der Waals surface area (Å²) in [6, 6.07) is 17.5. The molecule has 3 aromatic heterocycles. The van der Waals surface area contributed by atoms with E-state index in [0.29, 0.717) is 17.4 Å². The van der Waals surface area contributed by atoms with Crippen LogP contribution >= 0.6 is 0 Å². The van der Waals surface area contributed by atoms with Gasteiger partial charge in [0.25, 0.3) is 5.56 Å². The van der Waals surface area contributed by atoms with Gasteiger partial charge in [-0.2, -0.15) is 0 Å². The smallest absolute Gasteiger partial charge is 0.257 e. The molecule has 5 nitrogen and oxygen atoms in total. The van der Waals surface area contributed by atoms with E-state index in [9.17, 15) is 4.79 Å². The van der Waals surface area contributed by atoms with E-state index in [2.05, 4.69) is 9.97 Å². The van der Waals surface area contributed by atoms with E-state index in [1.54, 1.807) is 18.5 Å². The molecule has 0 fully saturated rings. The Kier molecular flexibility index (Phi) is 3.84. The van der Waals surface area contributed by atoms with Gasteiger partial charge in [0.1, 0.15) is 0 Å². The number of aromatic amines is 1. The number of nitrogens with zero attached hydrogens (tertiary/aromatic N) is 2. The van der Waals surface area contributed by atoms with Gasteiger partial charge in [-0.1, -0.05) is 30.3 Å². The van der Waals surface area contributed by atoms with Gasteiger partial charge in [-0.05, 0) is 29.8 Å². The molecule has 4 aromatic rings. The molecule has 5 heteroatoms. The summed E-state index contributed by atoms with van der Waals surface area (Å²) in [6.45, 7) is 0.395. The number of H-pyrrole nitrogens is 1. The van der Waals surface area contributed by atoms with Crippen LogP contribution < -0.4 is 11.3 Å². The molecule has 0 saturated carbocycles. The molecule has 0 spiro atoms. The summed E-state index contributed by atoms with van der Waals surface area (Å²) in [6.07, 6.45) is 3.38. The summed E-state index contributed by atoms with van der Waals surface area (Å²) in [5.74, 6) is 0. The van der Waals surface area contributed by atoms with Crippen molar-refractivity contribution in [1.29, 1.82) is 0 Å². The van der Waals surface area contributed by atoms with Crippen LogP contribution in [-0.4, -0.2) is 15.0 Å². The number of aromatic nitrogens is 3. The van der Waals surface area contributed by atoms with Crippen molar-refractivity contribution in [2.75, 3.05) is 0 Å². The van der Waals surface area contributed by atoms with Gasteiger partial charge in [0.2, 0.25) is 0 Å². The first-order valence-electron chi connectivity index (χ1n) is 7.99. The monoisotopic (exact) mass is 328 g/mol. The third-order valence-corrected chi connectivity index (χ3v) is 4.14. The first-order valence-corrected chi connectivity index (χ1v) is 7.99. The average molecular weight is 328 g/mol. The first kappa shape index (κ1) is 15.2. The summed E-state index contributed by atoms with van der Waals surface area (Å²) in [5.41, 5.74) is 10.5. The highest BCUT2D eigenvalue weighted by Gasteiger charge is 2.13. The molecule has 1 aromatic carbocycles. The average Bonchev–Trinajstić information content (AvgIpc) is 2.68. The summed E-state index contributed by atoms with van der Waals surface area (Å²) in [7, 11) is 0. The molecule has 3 N–H and O–H groups in total. The second kappa shape index (κ2) is 6.30. The lowest BCUT2D eigenvalue weighted by atomic mass is 9.98. The number of rotatable bonds is 3. The van der Waals surface area contributed by atoms with Crippen LogP contribution in [0, 0.1) is 0 Å². The number of nitrogens with one attached hydrogen (secondary N) is 1. The van der Waals surface area contributed by atoms with Crippen LogP contribution in [0.3, 0.4) is 0 Å². The maximum atomic E-state index is 12.2. The second-order valence-corrected chi connectivity index (χ2v) is 5.73. The van der Waals surface area contributed by atoms with Crippen LogP contribution in [0.25, 0.3) is 33.3 Å². The fourth-order valence-corrected chi connectivity index (χ4v) is 2.85. The molecule has 0 bridgehead atoms. The predicted molar refractivity (Wildman–Crippen MR) is 98.9 cm³/mol. The van der Waals surface area contributed by atoms with Gasteiger partial charge in [-0.3, -0.25) is 9.78 Å². The molecular weight excluding hydrogens is 312 g/mol. The molecule has 0 aliphatic rings. The van der Waals surface area contributed by atoms with Crippen molar-refractivity contribution in [1.82, 2.24) is 15.0 Å². The van der Waals surface area contributed by atoms with E-state index in [4.69, 9.17) is 10.7 Å². The zero-order valence-electron chi connectivity index (χ0n) is 13.4. The van der Waals surface area contributed by atoms with Gasteiger partial charge in [-0.25, -0.2) is 4.98 Å². The lowest BCUT2D eigenvalue weighted by Gasteiger charge is -2.11. The van der Waals surface area contributed by atoms with Crippen LogP contribution in [-0.2, 0) is 6.54 Å². The first-order chi connectivity index (χ1) is 12.3. The number of hydrogen-bond acceptors (Lipinski definition) is 4. The highest BCUT2D eigenvalue weighted by atomic mass is 16.1. The molecule has 0 amide bonds. The Morgan fingerprint density at radius 1 is 1.00 bits per heavy atom. The highest BCUT2D eigenvalue weighted by Crippen LogP contribution is 2.32. The van der Waals surface area contributed by atoms with Crippen LogP contribution in [0.1, 0.15) is 5.69 Å². The van der Waals surface area contributed by atoms with Gasteiger partial charge in [0, 0.05) is 30.1 Å². The summed E-state index contributed by atoms with van der Waals surface area (Å²) in [4.78, 5) is 24.0. The second-order valence-electron chi connectivity index (χ2n) is 5.73. The number of pyridine rings is 3. The molecule has 122 valence electrons. The molecule has 0 radical (unpaired) electrons. The molecule has 0 saturated heterocycles. The maximum Gasteiger partial charge on any atom is 0.257 e. The van der Waals surface area contributed by atoms with Crippen molar-refractivity contribution in [2.45, 2.75) is 6.54 Å². The van der Waals surface area contributed by atoms with Gasteiger partial charge in [0.05, 0.1) is 22.3 Å². The zero-order chi connectivity index (χ0) is 17.2. The molecule has 0 aliphatic heterocycles. The highest BCUT2D eigenvalue weighted by molar-refractivity contribution is 5.90. The fraction of sp³-hybridized carbons (Fsp3) is 0.0500. The zero-order valence-corrected chi connectivity index (χ0v) is 13.4. The predicted octanol–water partition coefficient (Wildman–Crippen LogP) is 3.11. The number of hydrogen-bond donors (Lipinski definition) is 2. The van der Waals surface area contributed by atoms with E-state index < -0.39 is 0 Å². The minimum atomic E-state index is -0.148. The van der Waals surface area contributed by atoms with Gasteiger partial charge >= 0.3 is 0 Å². The topological polar surface area (TPSA) is 84.7 Å². The molecule has 0 aliphatic carbocycles. The van der Waals surface area contributed by atoms with E-state index >= 15 is 0 Å². The molecular formula is C20H16N4O. The van der Waals surface area contributed by atoms with Crippen molar-refractivity contribution in [3.8, 4) is 22.4 Å². The molecule has 3 heterocycles. The quantitative estimate of drug-likeness (QED) is 0.605. The Balaban J connectivity index is 2.02. The Labute approximate surface area is 144 Å². The van der Waals surface area contributed by atoms with Crippen LogP contribution in [0.2, 0.25) is 0 Å². The minimum Gasteiger partial charge on any atom is -0.328 e. The number of fused-ring (bicyclic) bond motifs is 1. The van der Waals surface area contributed by atoms with Crippen molar-refractivity contribution < 1.29 is 0 Å². The van der Waals surface area contributed by atoms with Crippen molar-refractivity contribution in [3.63, 3.8) is 0 Å². The van der Waals surface area contributed by atoms with Crippen LogP contribution in [0.15, 0.2) is 71.8 Å². The van der Waals surface area contributed by atoms with E-state index in [1.165, 1.54) is 0 Å². The summed E-state index contributed by atoms with van der Waals surface area (Å²) >= 11 is 0. The Morgan fingerprint density at radius 2 is 1.84 bits per heavy atom. The normalized spacial score (nSPS) is 10.9.